The van der Waals surface area contributed by atoms with Crippen LogP contribution < -0.4 is 19.9 Å². The molecule has 2 aromatic rings. The second-order valence-corrected chi connectivity index (χ2v) is 8.79. The van der Waals surface area contributed by atoms with E-state index in [2.05, 4.69) is 20.1 Å². The Kier molecular flexibility index (Phi) is 7.09. The van der Waals surface area contributed by atoms with Crippen molar-refractivity contribution < 1.29 is 14.3 Å². The van der Waals surface area contributed by atoms with Crippen LogP contribution in [0.25, 0.3) is 0 Å². The lowest BCUT2D eigenvalue weighted by Gasteiger charge is -2.23. The van der Waals surface area contributed by atoms with Crippen molar-refractivity contribution >= 4 is 17.7 Å². The van der Waals surface area contributed by atoms with Gasteiger partial charge in [-0.1, -0.05) is 12.1 Å². The first-order valence-corrected chi connectivity index (χ1v) is 11.4. The van der Waals surface area contributed by atoms with Gasteiger partial charge in [0.15, 0.2) is 0 Å². The summed E-state index contributed by atoms with van der Waals surface area (Å²) in [6.45, 7) is 7.78. The number of benzene rings is 1. The fraction of sp³-hybridized carbons (Fsp3) is 0.542. The van der Waals surface area contributed by atoms with Gasteiger partial charge in [0.1, 0.15) is 17.7 Å². The summed E-state index contributed by atoms with van der Waals surface area (Å²) < 4.78 is 11.7. The predicted molar refractivity (Wildman–Crippen MR) is 124 cm³/mol. The van der Waals surface area contributed by atoms with Crippen LogP contribution in [0, 0.1) is 5.92 Å². The highest BCUT2D eigenvalue weighted by atomic mass is 16.5. The van der Waals surface area contributed by atoms with Crippen LogP contribution in [-0.4, -0.2) is 61.9 Å². The third kappa shape index (κ3) is 5.68. The molecule has 2 aliphatic heterocycles. The molecule has 3 heterocycles. The van der Waals surface area contributed by atoms with Crippen LogP contribution in [-0.2, 0) is 9.53 Å². The maximum atomic E-state index is 11.3. The van der Waals surface area contributed by atoms with Gasteiger partial charge in [0.2, 0.25) is 11.9 Å². The number of carbonyl (C=O) groups excluding carboxylic acids is 1. The minimum Gasteiger partial charge on any atom is -0.489 e. The minimum atomic E-state index is -0.0319. The maximum Gasteiger partial charge on any atom is 0.227 e. The van der Waals surface area contributed by atoms with Gasteiger partial charge in [0.25, 0.3) is 0 Å². The number of carbonyl (C=O) groups is 1. The van der Waals surface area contributed by atoms with Gasteiger partial charge < -0.3 is 24.6 Å². The monoisotopic (exact) mass is 439 g/mol. The van der Waals surface area contributed by atoms with Crippen molar-refractivity contribution in [2.24, 2.45) is 5.92 Å². The smallest absolute Gasteiger partial charge is 0.227 e. The zero-order valence-corrected chi connectivity index (χ0v) is 19.2. The summed E-state index contributed by atoms with van der Waals surface area (Å²) in [6.07, 6.45) is 3.99. The van der Waals surface area contributed by atoms with Crippen LogP contribution in [0.3, 0.4) is 0 Å². The molecule has 1 amide bonds. The van der Waals surface area contributed by atoms with E-state index in [0.29, 0.717) is 5.92 Å². The van der Waals surface area contributed by atoms with Gasteiger partial charge in [-0.3, -0.25) is 4.79 Å². The molecule has 0 spiro atoms. The van der Waals surface area contributed by atoms with Gasteiger partial charge in [0.05, 0.1) is 19.2 Å². The lowest BCUT2D eigenvalue weighted by atomic mass is 10.1. The summed E-state index contributed by atoms with van der Waals surface area (Å²) in [5, 5.41) is 2.90. The highest BCUT2D eigenvalue weighted by Crippen LogP contribution is 2.25. The largest absolute Gasteiger partial charge is 0.489 e. The van der Waals surface area contributed by atoms with Crippen LogP contribution in [0.15, 0.2) is 36.5 Å². The van der Waals surface area contributed by atoms with Crippen molar-refractivity contribution in [3.8, 4) is 5.75 Å². The molecule has 0 aliphatic carbocycles. The van der Waals surface area contributed by atoms with E-state index < -0.39 is 0 Å². The summed E-state index contributed by atoms with van der Waals surface area (Å²) in [5.74, 6) is 3.05. The van der Waals surface area contributed by atoms with Gasteiger partial charge in [0, 0.05) is 52.2 Å². The Morgan fingerprint density at radius 2 is 2.12 bits per heavy atom. The van der Waals surface area contributed by atoms with Crippen molar-refractivity contribution in [3.05, 3.63) is 42.1 Å². The predicted octanol–water partition coefficient (Wildman–Crippen LogP) is 2.80. The van der Waals surface area contributed by atoms with E-state index in [4.69, 9.17) is 14.5 Å². The summed E-state index contributed by atoms with van der Waals surface area (Å²) in [6, 6.07) is 9.91. The Balaban J connectivity index is 1.32. The van der Waals surface area contributed by atoms with Crippen LogP contribution >= 0.6 is 0 Å². The number of anilines is 2. The molecule has 1 aromatic carbocycles. The topological polar surface area (TPSA) is 79.8 Å². The quantitative estimate of drug-likeness (QED) is 0.677. The molecule has 2 saturated heterocycles. The lowest BCUT2D eigenvalue weighted by molar-refractivity contribution is -0.119. The van der Waals surface area contributed by atoms with Crippen molar-refractivity contribution in [1.29, 1.82) is 0 Å². The molecule has 32 heavy (non-hydrogen) atoms. The van der Waals surface area contributed by atoms with Crippen molar-refractivity contribution in [1.82, 2.24) is 15.3 Å². The average molecular weight is 440 g/mol. The normalized spacial score (nSPS) is 21.4. The Morgan fingerprint density at radius 3 is 2.84 bits per heavy atom. The molecular formula is C24H33N5O3. The first-order valence-electron chi connectivity index (χ1n) is 11.4. The number of amides is 1. The van der Waals surface area contributed by atoms with E-state index in [0.717, 1.165) is 68.8 Å². The van der Waals surface area contributed by atoms with Crippen molar-refractivity contribution in [3.63, 3.8) is 0 Å². The lowest BCUT2D eigenvalue weighted by Crippen LogP contribution is -2.29. The molecule has 2 aliphatic rings. The molecule has 172 valence electrons. The average Bonchev–Trinajstić information content (AvgIpc) is 3.46. The van der Waals surface area contributed by atoms with Crippen LogP contribution in [0.2, 0.25) is 0 Å². The zero-order chi connectivity index (χ0) is 22.5. The first kappa shape index (κ1) is 22.3. The van der Waals surface area contributed by atoms with Gasteiger partial charge in [-0.2, -0.15) is 4.98 Å². The van der Waals surface area contributed by atoms with Crippen molar-refractivity contribution in [2.75, 3.05) is 49.7 Å². The molecule has 0 radical (unpaired) electrons. The Morgan fingerprint density at radius 1 is 1.31 bits per heavy atom. The Labute approximate surface area is 189 Å². The zero-order valence-electron chi connectivity index (χ0n) is 19.2. The molecule has 4 rings (SSSR count). The summed E-state index contributed by atoms with van der Waals surface area (Å²) >= 11 is 0. The van der Waals surface area contributed by atoms with Gasteiger partial charge in [-0.05, 0) is 37.1 Å². The van der Waals surface area contributed by atoms with E-state index in [1.165, 1.54) is 6.92 Å². The first-order chi connectivity index (χ1) is 15.5. The Hall–Kier alpha value is -2.87. The van der Waals surface area contributed by atoms with Crippen molar-refractivity contribution in [2.45, 2.75) is 38.8 Å². The van der Waals surface area contributed by atoms with Crippen LogP contribution in [0.1, 0.15) is 38.3 Å². The van der Waals surface area contributed by atoms with E-state index in [1.807, 2.05) is 50.5 Å². The third-order valence-corrected chi connectivity index (χ3v) is 6.10. The molecule has 0 bridgehead atoms. The molecule has 3 atom stereocenters. The molecule has 8 heteroatoms. The third-order valence-electron chi connectivity index (χ3n) is 6.10. The number of aromatic nitrogens is 2. The van der Waals surface area contributed by atoms with E-state index in [1.54, 1.807) is 0 Å². The summed E-state index contributed by atoms with van der Waals surface area (Å²) in [7, 11) is 2.05. The molecule has 8 nitrogen and oxygen atoms in total. The van der Waals surface area contributed by atoms with Crippen LogP contribution in [0.5, 0.6) is 5.75 Å². The van der Waals surface area contributed by atoms with Gasteiger partial charge in [-0.15, -0.1) is 0 Å². The standard InChI is InChI=1S/C24H33N5O3/c1-17(26-18(2)30)20-4-6-21(7-5-20)32-22-9-12-29(15-22)23-8-11-25-24(27-23)28(3)14-19-10-13-31-16-19/h4-8,11,17,19,22H,9-10,12-16H2,1-3H3,(H,26,30)/t17-,19?,22+/m0/s1. The molecular weight excluding hydrogens is 406 g/mol. The van der Waals surface area contributed by atoms with E-state index in [-0.39, 0.29) is 18.1 Å². The molecule has 1 unspecified atom stereocenters. The molecule has 0 saturated carbocycles. The molecule has 1 N–H and O–H groups in total. The number of hydrogen-bond acceptors (Lipinski definition) is 7. The van der Waals surface area contributed by atoms with E-state index in [9.17, 15) is 4.79 Å². The number of hydrogen-bond donors (Lipinski definition) is 1. The number of nitrogens with one attached hydrogen (secondary N) is 1. The number of ether oxygens (including phenoxy) is 2. The van der Waals surface area contributed by atoms with Crippen LogP contribution in [0.4, 0.5) is 11.8 Å². The molecule has 2 fully saturated rings. The number of nitrogens with zero attached hydrogens (tertiary/aromatic N) is 4. The highest BCUT2D eigenvalue weighted by Gasteiger charge is 2.26. The SMILES string of the molecule is CC(=O)N[C@@H](C)c1ccc(O[C@@H]2CCN(c3ccnc(N(C)CC4CCOC4)n3)C2)cc1. The Bertz CT molecular complexity index is 901. The minimum absolute atomic E-state index is 0.0187. The highest BCUT2D eigenvalue weighted by molar-refractivity contribution is 5.73. The summed E-state index contributed by atoms with van der Waals surface area (Å²) in [4.78, 5) is 24.9. The molecule has 1 aromatic heterocycles. The summed E-state index contributed by atoms with van der Waals surface area (Å²) in [5.41, 5.74) is 1.06. The fourth-order valence-electron chi connectivity index (χ4n) is 4.34. The van der Waals surface area contributed by atoms with Gasteiger partial charge >= 0.3 is 0 Å². The van der Waals surface area contributed by atoms with E-state index >= 15 is 0 Å². The maximum absolute atomic E-state index is 11.3. The second-order valence-electron chi connectivity index (χ2n) is 8.79. The second kappa shape index (κ2) is 10.2. The van der Waals surface area contributed by atoms with Gasteiger partial charge in [-0.25, -0.2) is 4.98 Å². The fourth-order valence-corrected chi connectivity index (χ4v) is 4.34. The number of rotatable bonds is 8.